The Hall–Kier alpha value is -0.670. The van der Waals surface area contributed by atoms with Crippen LogP contribution in [0.15, 0.2) is 28.7 Å². The smallest absolute Gasteiger partial charge is 0.176 e. The summed E-state index contributed by atoms with van der Waals surface area (Å²) in [6.07, 6.45) is 2.41. The van der Waals surface area contributed by atoms with Crippen molar-refractivity contribution in [2.45, 2.75) is 32.7 Å². The van der Waals surface area contributed by atoms with Crippen molar-refractivity contribution in [2.24, 2.45) is 5.92 Å². The minimum Gasteiger partial charge on any atom is -0.293 e. The molecular formula is C15H20BrNO. The largest absolute Gasteiger partial charge is 0.293 e. The lowest BCUT2D eigenvalue weighted by Gasteiger charge is -2.35. The van der Waals surface area contributed by atoms with Gasteiger partial charge in [0, 0.05) is 16.1 Å². The third-order valence-corrected chi connectivity index (χ3v) is 4.32. The van der Waals surface area contributed by atoms with Crippen molar-refractivity contribution < 1.29 is 4.79 Å². The summed E-state index contributed by atoms with van der Waals surface area (Å²) in [6.45, 7) is 6.12. The van der Waals surface area contributed by atoms with Crippen LogP contribution in [-0.2, 0) is 0 Å². The summed E-state index contributed by atoms with van der Waals surface area (Å²) in [5.41, 5.74) is 0.809. The SMILES string of the molecule is CC1CCN(CC(=O)c2ccc(Br)cc2)C(C)C1. The molecule has 18 heavy (non-hydrogen) atoms. The van der Waals surface area contributed by atoms with E-state index in [1.807, 2.05) is 24.3 Å². The summed E-state index contributed by atoms with van der Waals surface area (Å²) >= 11 is 3.39. The van der Waals surface area contributed by atoms with Gasteiger partial charge in [-0.2, -0.15) is 0 Å². The number of hydrogen-bond donors (Lipinski definition) is 0. The van der Waals surface area contributed by atoms with Crippen LogP contribution >= 0.6 is 15.9 Å². The van der Waals surface area contributed by atoms with E-state index in [0.717, 1.165) is 22.5 Å². The molecule has 1 saturated heterocycles. The Balaban J connectivity index is 1.97. The average Bonchev–Trinajstić information content (AvgIpc) is 2.33. The Labute approximate surface area is 117 Å². The molecule has 0 aliphatic carbocycles. The Morgan fingerprint density at radius 1 is 1.33 bits per heavy atom. The van der Waals surface area contributed by atoms with E-state index in [1.54, 1.807) is 0 Å². The molecule has 0 bridgehead atoms. The molecule has 2 rings (SSSR count). The van der Waals surface area contributed by atoms with E-state index < -0.39 is 0 Å². The minimum absolute atomic E-state index is 0.226. The van der Waals surface area contributed by atoms with Gasteiger partial charge in [-0.15, -0.1) is 0 Å². The van der Waals surface area contributed by atoms with Gasteiger partial charge in [0.25, 0.3) is 0 Å². The van der Waals surface area contributed by atoms with Crippen LogP contribution in [0, 0.1) is 5.92 Å². The van der Waals surface area contributed by atoms with E-state index in [1.165, 1.54) is 12.8 Å². The molecule has 1 aliphatic heterocycles. The number of benzene rings is 1. The van der Waals surface area contributed by atoms with E-state index in [-0.39, 0.29) is 5.78 Å². The number of ketones is 1. The normalized spacial score (nSPS) is 25.1. The quantitative estimate of drug-likeness (QED) is 0.793. The lowest BCUT2D eigenvalue weighted by atomic mass is 9.93. The van der Waals surface area contributed by atoms with Crippen LogP contribution in [0.1, 0.15) is 37.0 Å². The number of likely N-dealkylation sites (tertiary alicyclic amines) is 1. The van der Waals surface area contributed by atoms with Crippen LogP contribution in [-0.4, -0.2) is 29.8 Å². The highest BCUT2D eigenvalue weighted by molar-refractivity contribution is 9.10. The Morgan fingerprint density at radius 2 is 2.00 bits per heavy atom. The van der Waals surface area contributed by atoms with Gasteiger partial charge in [-0.1, -0.05) is 35.0 Å². The second-order valence-electron chi connectivity index (χ2n) is 5.38. The molecule has 0 amide bonds. The van der Waals surface area contributed by atoms with Gasteiger partial charge in [0.05, 0.1) is 6.54 Å². The van der Waals surface area contributed by atoms with Crippen molar-refractivity contribution >= 4 is 21.7 Å². The Morgan fingerprint density at radius 3 is 2.61 bits per heavy atom. The third kappa shape index (κ3) is 3.42. The van der Waals surface area contributed by atoms with Crippen molar-refractivity contribution in [3.8, 4) is 0 Å². The lowest BCUT2D eigenvalue weighted by Crippen LogP contribution is -2.43. The topological polar surface area (TPSA) is 20.3 Å². The highest BCUT2D eigenvalue weighted by Crippen LogP contribution is 2.22. The Bertz CT molecular complexity index is 415. The molecule has 1 aromatic rings. The van der Waals surface area contributed by atoms with E-state index in [9.17, 15) is 4.79 Å². The monoisotopic (exact) mass is 309 g/mol. The molecule has 1 heterocycles. The van der Waals surface area contributed by atoms with Crippen LogP contribution in [0.4, 0.5) is 0 Å². The summed E-state index contributed by atoms with van der Waals surface area (Å²) in [5.74, 6) is 1.02. The summed E-state index contributed by atoms with van der Waals surface area (Å²) in [5, 5.41) is 0. The first-order chi connectivity index (χ1) is 8.56. The highest BCUT2D eigenvalue weighted by atomic mass is 79.9. The summed E-state index contributed by atoms with van der Waals surface area (Å²) < 4.78 is 1.01. The zero-order chi connectivity index (χ0) is 13.1. The number of carbonyl (C=O) groups is 1. The fourth-order valence-electron chi connectivity index (χ4n) is 2.60. The summed E-state index contributed by atoms with van der Waals surface area (Å²) in [6, 6.07) is 8.16. The first kappa shape index (κ1) is 13.8. The van der Waals surface area contributed by atoms with Gasteiger partial charge in [-0.05, 0) is 44.4 Å². The molecule has 0 spiro atoms. The van der Waals surface area contributed by atoms with E-state index >= 15 is 0 Å². The first-order valence-corrected chi connectivity index (χ1v) is 7.38. The number of carbonyl (C=O) groups excluding carboxylic acids is 1. The highest BCUT2D eigenvalue weighted by Gasteiger charge is 2.24. The molecule has 2 nitrogen and oxygen atoms in total. The van der Waals surface area contributed by atoms with Crippen LogP contribution < -0.4 is 0 Å². The number of hydrogen-bond acceptors (Lipinski definition) is 2. The van der Waals surface area contributed by atoms with Crippen LogP contribution in [0.2, 0.25) is 0 Å². The maximum Gasteiger partial charge on any atom is 0.176 e. The van der Waals surface area contributed by atoms with Crippen molar-refractivity contribution in [1.29, 1.82) is 0 Å². The zero-order valence-corrected chi connectivity index (χ0v) is 12.6. The van der Waals surface area contributed by atoms with Crippen molar-refractivity contribution in [2.75, 3.05) is 13.1 Å². The van der Waals surface area contributed by atoms with E-state index in [4.69, 9.17) is 0 Å². The van der Waals surface area contributed by atoms with Crippen molar-refractivity contribution in [1.82, 2.24) is 4.90 Å². The van der Waals surface area contributed by atoms with Gasteiger partial charge in [-0.3, -0.25) is 9.69 Å². The van der Waals surface area contributed by atoms with Gasteiger partial charge < -0.3 is 0 Å². The van der Waals surface area contributed by atoms with Gasteiger partial charge in [0.2, 0.25) is 0 Å². The van der Waals surface area contributed by atoms with Crippen molar-refractivity contribution in [3.63, 3.8) is 0 Å². The van der Waals surface area contributed by atoms with Gasteiger partial charge in [-0.25, -0.2) is 0 Å². The predicted molar refractivity (Wildman–Crippen MR) is 77.9 cm³/mol. The minimum atomic E-state index is 0.226. The fraction of sp³-hybridized carbons (Fsp3) is 0.533. The molecule has 2 atom stereocenters. The number of halogens is 1. The molecule has 2 unspecified atom stereocenters. The van der Waals surface area contributed by atoms with Gasteiger partial charge in [0.15, 0.2) is 5.78 Å². The number of rotatable bonds is 3. The standard InChI is InChI=1S/C15H20BrNO/c1-11-7-8-17(12(2)9-11)10-15(18)13-3-5-14(16)6-4-13/h3-6,11-12H,7-10H2,1-2H3. The summed E-state index contributed by atoms with van der Waals surface area (Å²) in [7, 11) is 0. The second kappa shape index (κ2) is 5.98. The molecule has 1 aromatic carbocycles. The molecule has 0 aromatic heterocycles. The molecule has 98 valence electrons. The van der Waals surface area contributed by atoms with Crippen LogP contribution in [0.5, 0.6) is 0 Å². The number of nitrogens with zero attached hydrogens (tertiary/aromatic N) is 1. The maximum atomic E-state index is 12.2. The van der Waals surface area contributed by atoms with Gasteiger partial charge >= 0.3 is 0 Å². The predicted octanol–water partition coefficient (Wildman–Crippen LogP) is 3.75. The number of piperidine rings is 1. The molecule has 0 saturated carbocycles. The third-order valence-electron chi connectivity index (χ3n) is 3.79. The van der Waals surface area contributed by atoms with E-state index in [0.29, 0.717) is 12.6 Å². The van der Waals surface area contributed by atoms with Crippen molar-refractivity contribution in [3.05, 3.63) is 34.3 Å². The van der Waals surface area contributed by atoms with Gasteiger partial charge in [0.1, 0.15) is 0 Å². The fourth-order valence-corrected chi connectivity index (χ4v) is 2.87. The van der Waals surface area contributed by atoms with E-state index in [2.05, 4.69) is 34.7 Å². The zero-order valence-electron chi connectivity index (χ0n) is 11.0. The first-order valence-electron chi connectivity index (χ1n) is 6.59. The average molecular weight is 310 g/mol. The van der Waals surface area contributed by atoms with Crippen LogP contribution in [0.25, 0.3) is 0 Å². The molecular weight excluding hydrogens is 290 g/mol. The molecule has 3 heteroatoms. The van der Waals surface area contributed by atoms with Crippen LogP contribution in [0.3, 0.4) is 0 Å². The Kier molecular flexibility index (Phi) is 4.57. The molecule has 1 fully saturated rings. The lowest BCUT2D eigenvalue weighted by molar-refractivity contribution is 0.0816. The maximum absolute atomic E-state index is 12.2. The summed E-state index contributed by atoms with van der Waals surface area (Å²) in [4.78, 5) is 14.5. The second-order valence-corrected chi connectivity index (χ2v) is 6.29. The number of Topliss-reactive ketones (excluding diaryl/α,β-unsaturated/α-hetero) is 1. The molecule has 0 N–H and O–H groups in total. The molecule has 0 radical (unpaired) electrons. The molecule has 1 aliphatic rings.